The van der Waals surface area contributed by atoms with Gasteiger partial charge in [-0.15, -0.1) is 0 Å². The zero-order valence-corrected chi connectivity index (χ0v) is 16.6. The molecule has 4 nitrogen and oxygen atoms in total. The van der Waals surface area contributed by atoms with Crippen molar-refractivity contribution in [1.29, 1.82) is 5.26 Å². The lowest BCUT2D eigenvalue weighted by molar-refractivity contribution is 0.102. The Morgan fingerprint density at radius 3 is 2.41 bits per heavy atom. The van der Waals surface area contributed by atoms with E-state index >= 15 is 0 Å². The van der Waals surface area contributed by atoms with Gasteiger partial charge in [-0.3, -0.25) is 4.79 Å². The molecule has 0 saturated heterocycles. The highest BCUT2D eigenvalue weighted by Gasteiger charge is 2.09. The van der Waals surface area contributed by atoms with Gasteiger partial charge in [-0.2, -0.15) is 5.26 Å². The number of benzene rings is 3. The topological polar surface area (TPSA) is 62.1 Å². The highest BCUT2D eigenvalue weighted by molar-refractivity contribution is 14.1. The number of nitrogens with zero attached hydrogens (tertiary/aromatic N) is 1. The van der Waals surface area contributed by atoms with Crippen molar-refractivity contribution in [3.63, 3.8) is 0 Å². The summed E-state index contributed by atoms with van der Waals surface area (Å²) < 4.78 is 6.92. The van der Waals surface area contributed by atoms with Crippen molar-refractivity contribution in [2.45, 2.75) is 13.0 Å². The summed E-state index contributed by atoms with van der Waals surface area (Å²) in [4.78, 5) is 12.5. The van der Waals surface area contributed by atoms with E-state index in [1.54, 1.807) is 12.1 Å². The Labute approximate surface area is 171 Å². The molecule has 0 radical (unpaired) electrons. The second-order valence-electron chi connectivity index (χ2n) is 5.89. The van der Waals surface area contributed by atoms with Crippen LogP contribution in [0.2, 0.25) is 0 Å². The van der Waals surface area contributed by atoms with Crippen molar-refractivity contribution in [2.24, 2.45) is 0 Å². The van der Waals surface area contributed by atoms with Crippen LogP contribution in [0, 0.1) is 14.9 Å². The Bertz CT molecular complexity index is 961. The number of hydrogen-bond acceptors (Lipinski definition) is 3. The molecule has 3 rings (SSSR count). The van der Waals surface area contributed by atoms with Crippen LogP contribution < -0.4 is 10.1 Å². The van der Waals surface area contributed by atoms with Gasteiger partial charge in [-0.25, -0.2) is 0 Å². The van der Waals surface area contributed by atoms with Crippen LogP contribution in [0.4, 0.5) is 5.69 Å². The molecule has 0 atom stereocenters. The van der Waals surface area contributed by atoms with Crippen molar-refractivity contribution in [2.75, 3.05) is 5.32 Å². The SMILES string of the molecule is N#CCc1ccc(OCc2ccccc2NC(=O)c2ccc(I)cc2)cc1. The first-order valence-electron chi connectivity index (χ1n) is 8.39. The van der Waals surface area contributed by atoms with Gasteiger partial charge in [0, 0.05) is 20.4 Å². The van der Waals surface area contributed by atoms with Crippen LogP contribution in [0.1, 0.15) is 21.5 Å². The van der Waals surface area contributed by atoms with Crippen molar-refractivity contribution in [3.8, 4) is 11.8 Å². The number of carbonyl (C=O) groups excluding carboxylic acids is 1. The Balaban J connectivity index is 1.67. The summed E-state index contributed by atoms with van der Waals surface area (Å²) in [6, 6.07) is 24.6. The predicted octanol–water partition coefficient (Wildman–Crippen LogP) is 5.19. The minimum atomic E-state index is -0.153. The van der Waals surface area contributed by atoms with E-state index < -0.39 is 0 Å². The molecule has 0 aliphatic rings. The Hall–Kier alpha value is -2.85. The number of nitriles is 1. The fourth-order valence-corrected chi connectivity index (χ4v) is 2.88. The third-order valence-electron chi connectivity index (χ3n) is 3.97. The summed E-state index contributed by atoms with van der Waals surface area (Å²) in [7, 11) is 0. The third-order valence-corrected chi connectivity index (χ3v) is 4.69. The number of ether oxygens (including phenoxy) is 1. The summed E-state index contributed by atoms with van der Waals surface area (Å²) in [5.41, 5.74) is 3.17. The fraction of sp³-hybridized carbons (Fsp3) is 0.0909. The van der Waals surface area contributed by atoms with Gasteiger partial charge in [-0.05, 0) is 70.6 Å². The first-order chi connectivity index (χ1) is 13.2. The first-order valence-corrected chi connectivity index (χ1v) is 9.47. The number of carbonyl (C=O) groups is 1. The number of para-hydroxylation sites is 1. The molecule has 0 aromatic heterocycles. The molecule has 3 aromatic carbocycles. The monoisotopic (exact) mass is 468 g/mol. The van der Waals surface area contributed by atoms with Crippen LogP contribution in [-0.2, 0) is 13.0 Å². The quantitative estimate of drug-likeness (QED) is 0.507. The van der Waals surface area contributed by atoms with E-state index in [-0.39, 0.29) is 5.91 Å². The molecule has 0 bridgehead atoms. The largest absolute Gasteiger partial charge is 0.489 e. The van der Waals surface area contributed by atoms with Gasteiger partial charge in [-0.1, -0.05) is 30.3 Å². The second-order valence-corrected chi connectivity index (χ2v) is 7.13. The van der Waals surface area contributed by atoms with E-state index in [0.717, 1.165) is 26.1 Å². The molecule has 0 aliphatic carbocycles. The average molecular weight is 468 g/mol. The van der Waals surface area contributed by atoms with E-state index in [1.165, 1.54) is 0 Å². The molecule has 0 aliphatic heterocycles. The van der Waals surface area contributed by atoms with E-state index in [9.17, 15) is 4.79 Å². The second kappa shape index (κ2) is 9.19. The Kier molecular flexibility index (Phi) is 6.44. The molecule has 134 valence electrons. The first kappa shape index (κ1) is 18.9. The van der Waals surface area contributed by atoms with Crippen LogP contribution in [0.3, 0.4) is 0 Å². The van der Waals surface area contributed by atoms with Gasteiger partial charge in [0.2, 0.25) is 0 Å². The van der Waals surface area contributed by atoms with Gasteiger partial charge in [0.1, 0.15) is 12.4 Å². The highest BCUT2D eigenvalue weighted by atomic mass is 127. The van der Waals surface area contributed by atoms with Gasteiger partial charge >= 0.3 is 0 Å². The number of halogens is 1. The van der Waals surface area contributed by atoms with Crippen LogP contribution in [0.5, 0.6) is 5.75 Å². The molecule has 1 amide bonds. The van der Waals surface area contributed by atoms with E-state index in [4.69, 9.17) is 10.00 Å². The summed E-state index contributed by atoms with van der Waals surface area (Å²) in [6.07, 6.45) is 0.383. The molecule has 27 heavy (non-hydrogen) atoms. The maximum absolute atomic E-state index is 12.5. The van der Waals surface area contributed by atoms with Crippen molar-refractivity contribution < 1.29 is 9.53 Å². The zero-order chi connectivity index (χ0) is 19.1. The molecular weight excluding hydrogens is 451 g/mol. The molecule has 5 heteroatoms. The Morgan fingerprint density at radius 1 is 1.00 bits per heavy atom. The molecule has 0 heterocycles. The van der Waals surface area contributed by atoms with Crippen molar-refractivity contribution >= 4 is 34.2 Å². The molecule has 0 unspecified atom stereocenters. The summed E-state index contributed by atoms with van der Waals surface area (Å²) >= 11 is 2.21. The lowest BCUT2D eigenvalue weighted by Crippen LogP contribution is -2.13. The number of nitrogens with one attached hydrogen (secondary N) is 1. The standard InChI is InChI=1S/C22H17IN2O2/c23-19-9-7-17(8-10-19)22(26)25-21-4-2-1-3-18(21)15-27-20-11-5-16(6-12-20)13-14-24/h1-12H,13,15H2,(H,25,26). The van der Waals surface area contributed by atoms with Crippen molar-refractivity contribution in [1.82, 2.24) is 0 Å². The predicted molar refractivity (Wildman–Crippen MR) is 114 cm³/mol. The number of amides is 1. The smallest absolute Gasteiger partial charge is 0.255 e. The maximum Gasteiger partial charge on any atom is 0.255 e. The fourth-order valence-electron chi connectivity index (χ4n) is 2.52. The molecule has 1 N–H and O–H groups in total. The van der Waals surface area contributed by atoms with E-state index in [0.29, 0.717) is 18.6 Å². The molecule has 3 aromatic rings. The normalized spacial score (nSPS) is 10.1. The lowest BCUT2D eigenvalue weighted by Gasteiger charge is -2.12. The minimum Gasteiger partial charge on any atom is -0.489 e. The van der Waals surface area contributed by atoms with Gasteiger partial charge < -0.3 is 10.1 Å². The van der Waals surface area contributed by atoms with E-state index in [1.807, 2.05) is 60.7 Å². The van der Waals surface area contributed by atoms with Gasteiger partial charge in [0.05, 0.1) is 12.5 Å². The van der Waals surface area contributed by atoms with E-state index in [2.05, 4.69) is 34.0 Å². The third kappa shape index (κ3) is 5.31. The molecular formula is C22H17IN2O2. The maximum atomic E-state index is 12.5. The summed E-state index contributed by atoms with van der Waals surface area (Å²) in [5, 5.41) is 11.7. The Morgan fingerprint density at radius 2 is 1.70 bits per heavy atom. The summed E-state index contributed by atoms with van der Waals surface area (Å²) in [6.45, 7) is 0.334. The number of anilines is 1. The van der Waals surface area contributed by atoms with Crippen molar-refractivity contribution in [3.05, 3.63) is 93.1 Å². The minimum absolute atomic E-state index is 0.153. The zero-order valence-electron chi connectivity index (χ0n) is 14.5. The molecule has 0 fully saturated rings. The van der Waals surface area contributed by atoms with Crippen LogP contribution >= 0.6 is 22.6 Å². The number of rotatable bonds is 6. The van der Waals surface area contributed by atoms with Gasteiger partial charge in [0.25, 0.3) is 5.91 Å². The molecule has 0 saturated carbocycles. The average Bonchev–Trinajstić information content (AvgIpc) is 2.69. The summed E-state index contributed by atoms with van der Waals surface area (Å²) in [5.74, 6) is 0.565. The highest BCUT2D eigenvalue weighted by Crippen LogP contribution is 2.20. The van der Waals surface area contributed by atoms with Gasteiger partial charge in [0.15, 0.2) is 0 Å². The lowest BCUT2D eigenvalue weighted by atomic mass is 10.1. The number of hydrogen-bond donors (Lipinski definition) is 1. The molecule has 0 spiro atoms. The van der Waals surface area contributed by atoms with Crippen LogP contribution in [-0.4, -0.2) is 5.91 Å². The van der Waals surface area contributed by atoms with Crippen LogP contribution in [0.25, 0.3) is 0 Å². The van der Waals surface area contributed by atoms with Crippen LogP contribution in [0.15, 0.2) is 72.8 Å².